The number of nitrogens with zero attached hydrogens (tertiary/aromatic N) is 3. The van der Waals surface area contributed by atoms with Crippen LogP contribution in [-0.2, 0) is 18.5 Å². The summed E-state index contributed by atoms with van der Waals surface area (Å²) in [5.74, 6) is 0.869. The standard InChI is InChI=1S/C17H22FN5/c1-10(13-8-11-6-4-5-7-12(11)9-13)20-16-22-14(17(2,3)18)21-15(19)23-16/h4-7,10,13H,8-9H2,1-3H3,(H3,19,20,21,22,23). The summed E-state index contributed by atoms with van der Waals surface area (Å²) in [7, 11) is 0. The highest BCUT2D eigenvalue weighted by molar-refractivity contribution is 5.36. The van der Waals surface area contributed by atoms with Crippen LogP contribution in [0.2, 0.25) is 0 Å². The smallest absolute Gasteiger partial charge is 0.228 e. The van der Waals surface area contributed by atoms with Crippen molar-refractivity contribution in [3.05, 3.63) is 41.2 Å². The number of nitrogens with one attached hydrogen (secondary N) is 1. The summed E-state index contributed by atoms with van der Waals surface area (Å²) in [6, 6.07) is 8.64. The topological polar surface area (TPSA) is 76.7 Å². The molecule has 1 aliphatic carbocycles. The summed E-state index contributed by atoms with van der Waals surface area (Å²) >= 11 is 0. The van der Waals surface area contributed by atoms with E-state index in [0.29, 0.717) is 11.9 Å². The summed E-state index contributed by atoms with van der Waals surface area (Å²) in [5.41, 5.74) is 6.82. The molecule has 0 radical (unpaired) electrons. The van der Waals surface area contributed by atoms with Crippen LogP contribution in [0, 0.1) is 5.92 Å². The Morgan fingerprint density at radius 3 is 2.35 bits per heavy atom. The van der Waals surface area contributed by atoms with Gasteiger partial charge in [-0.25, -0.2) is 4.39 Å². The molecule has 1 aromatic heterocycles. The lowest BCUT2D eigenvalue weighted by Gasteiger charge is -2.21. The van der Waals surface area contributed by atoms with Gasteiger partial charge in [-0.1, -0.05) is 24.3 Å². The molecule has 0 bridgehead atoms. The average molecular weight is 315 g/mol. The molecule has 0 saturated heterocycles. The number of hydrogen-bond acceptors (Lipinski definition) is 5. The van der Waals surface area contributed by atoms with Crippen LogP contribution in [0.1, 0.15) is 37.7 Å². The number of benzene rings is 1. The predicted octanol–water partition coefficient (Wildman–Crippen LogP) is 2.87. The number of alkyl halides is 1. The Morgan fingerprint density at radius 1 is 1.17 bits per heavy atom. The van der Waals surface area contributed by atoms with Gasteiger partial charge in [-0.2, -0.15) is 15.0 Å². The van der Waals surface area contributed by atoms with E-state index < -0.39 is 5.67 Å². The third kappa shape index (κ3) is 3.41. The predicted molar refractivity (Wildman–Crippen MR) is 88.8 cm³/mol. The molecule has 1 aromatic carbocycles. The first-order valence-electron chi connectivity index (χ1n) is 7.87. The van der Waals surface area contributed by atoms with E-state index >= 15 is 0 Å². The van der Waals surface area contributed by atoms with Crippen LogP contribution in [0.25, 0.3) is 0 Å². The lowest BCUT2D eigenvalue weighted by molar-refractivity contribution is 0.206. The molecule has 1 unspecified atom stereocenters. The number of nitrogens with two attached hydrogens (primary N) is 1. The van der Waals surface area contributed by atoms with E-state index in [1.54, 1.807) is 0 Å². The van der Waals surface area contributed by atoms with Crippen molar-refractivity contribution in [3.8, 4) is 0 Å². The number of aromatic nitrogens is 3. The van der Waals surface area contributed by atoms with Crippen molar-refractivity contribution < 1.29 is 4.39 Å². The fraction of sp³-hybridized carbons (Fsp3) is 0.471. The Kier molecular flexibility index (Phi) is 3.92. The first-order valence-corrected chi connectivity index (χ1v) is 7.87. The second-order valence-corrected chi connectivity index (χ2v) is 6.68. The largest absolute Gasteiger partial charge is 0.368 e. The molecule has 3 rings (SSSR count). The van der Waals surface area contributed by atoms with E-state index in [9.17, 15) is 4.39 Å². The molecule has 122 valence electrons. The van der Waals surface area contributed by atoms with Crippen molar-refractivity contribution in [2.45, 2.75) is 45.3 Å². The van der Waals surface area contributed by atoms with Crippen molar-refractivity contribution in [2.24, 2.45) is 5.92 Å². The second-order valence-electron chi connectivity index (χ2n) is 6.68. The van der Waals surface area contributed by atoms with E-state index in [1.165, 1.54) is 25.0 Å². The van der Waals surface area contributed by atoms with Gasteiger partial charge in [-0.05, 0) is 50.7 Å². The summed E-state index contributed by atoms with van der Waals surface area (Å²) in [6.07, 6.45) is 2.04. The van der Waals surface area contributed by atoms with Gasteiger partial charge in [0, 0.05) is 6.04 Å². The zero-order valence-corrected chi connectivity index (χ0v) is 13.7. The Morgan fingerprint density at radius 2 is 1.78 bits per heavy atom. The van der Waals surface area contributed by atoms with E-state index in [4.69, 9.17) is 5.73 Å². The number of halogens is 1. The van der Waals surface area contributed by atoms with E-state index in [0.717, 1.165) is 12.8 Å². The first-order chi connectivity index (χ1) is 10.8. The van der Waals surface area contributed by atoms with Crippen LogP contribution >= 0.6 is 0 Å². The minimum absolute atomic E-state index is 0.0325. The van der Waals surface area contributed by atoms with Crippen molar-refractivity contribution in [2.75, 3.05) is 11.1 Å². The quantitative estimate of drug-likeness (QED) is 0.907. The zero-order chi connectivity index (χ0) is 16.6. The highest BCUT2D eigenvalue weighted by atomic mass is 19.1. The van der Waals surface area contributed by atoms with E-state index in [-0.39, 0.29) is 17.8 Å². The SMILES string of the molecule is CC(Nc1nc(N)nc(C(C)(C)F)n1)C1Cc2ccccc2C1. The van der Waals surface area contributed by atoms with Gasteiger partial charge in [-0.15, -0.1) is 0 Å². The maximum atomic E-state index is 14.1. The number of nitrogen functional groups attached to an aromatic ring is 1. The Balaban J connectivity index is 1.74. The third-order valence-electron chi connectivity index (χ3n) is 4.33. The highest BCUT2D eigenvalue weighted by Gasteiger charge is 2.28. The Bertz CT molecular complexity index is 685. The minimum atomic E-state index is -1.65. The molecule has 23 heavy (non-hydrogen) atoms. The van der Waals surface area contributed by atoms with E-state index in [1.807, 2.05) is 0 Å². The van der Waals surface area contributed by atoms with Crippen molar-refractivity contribution in [1.82, 2.24) is 15.0 Å². The summed E-state index contributed by atoms with van der Waals surface area (Å²) in [4.78, 5) is 12.1. The maximum Gasteiger partial charge on any atom is 0.228 e. The van der Waals surface area contributed by atoms with E-state index in [2.05, 4.69) is 51.5 Å². The summed E-state index contributed by atoms with van der Waals surface area (Å²) in [5, 5.41) is 3.26. The average Bonchev–Trinajstić information content (AvgIpc) is 2.89. The molecule has 1 heterocycles. The molecule has 3 N–H and O–H groups in total. The summed E-state index contributed by atoms with van der Waals surface area (Å²) < 4.78 is 14.1. The van der Waals surface area contributed by atoms with Crippen LogP contribution in [-0.4, -0.2) is 21.0 Å². The molecule has 2 aromatic rings. The minimum Gasteiger partial charge on any atom is -0.368 e. The first kappa shape index (κ1) is 15.6. The summed E-state index contributed by atoms with van der Waals surface area (Å²) in [6.45, 7) is 4.90. The Hall–Kier alpha value is -2.24. The molecule has 6 heteroatoms. The third-order valence-corrected chi connectivity index (χ3v) is 4.33. The van der Waals surface area contributed by atoms with Gasteiger partial charge in [0.05, 0.1) is 0 Å². The number of hydrogen-bond donors (Lipinski definition) is 2. The maximum absolute atomic E-state index is 14.1. The van der Waals surface area contributed by atoms with Gasteiger partial charge in [0.1, 0.15) is 0 Å². The fourth-order valence-corrected chi connectivity index (χ4v) is 2.99. The number of fused-ring (bicyclic) bond motifs is 1. The van der Waals surface area contributed by atoms with Crippen molar-refractivity contribution in [1.29, 1.82) is 0 Å². The molecule has 1 aliphatic rings. The molecule has 0 amide bonds. The lowest BCUT2D eigenvalue weighted by atomic mass is 9.98. The van der Waals surface area contributed by atoms with Gasteiger partial charge in [0.25, 0.3) is 0 Å². The van der Waals surface area contributed by atoms with Crippen LogP contribution in [0.15, 0.2) is 24.3 Å². The van der Waals surface area contributed by atoms with Crippen LogP contribution in [0.5, 0.6) is 0 Å². The normalized spacial score (nSPS) is 16.2. The van der Waals surface area contributed by atoms with Gasteiger partial charge in [-0.3, -0.25) is 0 Å². The van der Waals surface area contributed by atoms with Crippen molar-refractivity contribution >= 4 is 11.9 Å². The molecule has 1 atom stereocenters. The van der Waals surface area contributed by atoms with Gasteiger partial charge >= 0.3 is 0 Å². The molecule has 0 aliphatic heterocycles. The molecule has 0 fully saturated rings. The molecule has 0 spiro atoms. The van der Waals surface area contributed by atoms with Crippen molar-refractivity contribution in [3.63, 3.8) is 0 Å². The van der Waals surface area contributed by atoms with Crippen LogP contribution in [0.3, 0.4) is 0 Å². The van der Waals surface area contributed by atoms with Gasteiger partial charge < -0.3 is 11.1 Å². The van der Waals surface area contributed by atoms with Gasteiger partial charge in [0.2, 0.25) is 11.9 Å². The molecule has 5 nitrogen and oxygen atoms in total. The monoisotopic (exact) mass is 315 g/mol. The molecule has 0 saturated carbocycles. The highest BCUT2D eigenvalue weighted by Crippen LogP contribution is 2.30. The second kappa shape index (κ2) is 5.76. The number of rotatable bonds is 4. The molecular weight excluding hydrogens is 293 g/mol. The van der Waals surface area contributed by atoms with Crippen LogP contribution in [0.4, 0.5) is 16.3 Å². The number of anilines is 2. The van der Waals surface area contributed by atoms with Crippen LogP contribution < -0.4 is 11.1 Å². The fourth-order valence-electron chi connectivity index (χ4n) is 2.99. The lowest BCUT2D eigenvalue weighted by Crippen LogP contribution is -2.28. The zero-order valence-electron chi connectivity index (χ0n) is 13.7. The Labute approximate surface area is 135 Å². The van der Waals surface area contributed by atoms with Gasteiger partial charge in [0.15, 0.2) is 11.5 Å². The molecular formula is C17H22FN5.